The fraction of sp³-hybridized carbons (Fsp3) is 0.214. The normalized spacial score (nSPS) is 11.8. The second-order valence-electron chi connectivity index (χ2n) is 8.23. The molecule has 1 heterocycles. The molecule has 174 valence electrons. The third-order valence-electron chi connectivity index (χ3n) is 5.90. The first-order valence-electron chi connectivity index (χ1n) is 11.4. The van der Waals surface area contributed by atoms with Gasteiger partial charge in [0.25, 0.3) is 5.91 Å². The molecule has 34 heavy (non-hydrogen) atoms. The minimum atomic E-state index is -0.370. The number of nitrogens with zero attached hydrogens (tertiary/aromatic N) is 3. The van der Waals surface area contributed by atoms with Crippen LogP contribution in [-0.2, 0) is 6.54 Å². The maximum atomic E-state index is 13.5. The zero-order chi connectivity index (χ0) is 24.1. The Labute approximate surface area is 199 Å². The van der Waals surface area contributed by atoms with E-state index in [1.165, 1.54) is 24.3 Å². The molecule has 5 nitrogen and oxygen atoms in total. The molecular weight excluding hydrogens is 429 g/mol. The van der Waals surface area contributed by atoms with Gasteiger partial charge >= 0.3 is 0 Å². The average Bonchev–Trinajstić information content (AvgIpc) is 3.17. The summed E-state index contributed by atoms with van der Waals surface area (Å²) in [7, 11) is 0. The predicted octanol–water partition coefficient (Wildman–Crippen LogP) is 6.55. The molecule has 0 spiro atoms. The zero-order valence-electron chi connectivity index (χ0n) is 19.6. The highest BCUT2D eigenvalue weighted by Crippen LogP contribution is 2.32. The van der Waals surface area contributed by atoms with Crippen molar-refractivity contribution in [1.29, 1.82) is 0 Å². The second-order valence-corrected chi connectivity index (χ2v) is 8.23. The lowest BCUT2D eigenvalue weighted by Crippen LogP contribution is -2.38. The van der Waals surface area contributed by atoms with Crippen molar-refractivity contribution in [2.75, 3.05) is 0 Å². The van der Waals surface area contributed by atoms with Crippen molar-refractivity contribution in [3.8, 4) is 17.3 Å². The van der Waals surface area contributed by atoms with Crippen LogP contribution in [0.5, 0.6) is 11.6 Å². The van der Waals surface area contributed by atoms with E-state index in [0.29, 0.717) is 23.7 Å². The molecule has 0 unspecified atom stereocenters. The zero-order valence-corrected chi connectivity index (χ0v) is 19.6. The van der Waals surface area contributed by atoms with Gasteiger partial charge in [0.2, 0.25) is 5.88 Å². The van der Waals surface area contributed by atoms with Gasteiger partial charge in [-0.15, -0.1) is 0 Å². The van der Waals surface area contributed by atoms with Crippen molar-refractivity contribution < 1.29 is 13.9 Å². The van der Waals surface area contributed by atoms with E-state index in [9.17, 15) is 9.18 Å². The molecule has 6 heteroatoms. The van der Waals surface area contributed by atoms with E-state index in [0.717, 1.165) is 23.4 Å². The van der Waals surface area contributed by atoms with Crippen LogP contribution in [-0.4, -0.2) is 26.6 Å². The number of benzene rings is 3. The first-order valence-corrected chi connectivity index (χ1v) is 11.4. The summed E-state index contributed by atoms with van der Waals surface area (Å²) in [4.78, 5) is 15.3. The van der Waals surface area contributed by atoms with Gasteiger partial charge in [-0.1, -0.05) is 43.3 Å². The number of amides is 1. The summed E-state index contributed by atoms with van der Waals surface area (Å²) in [5.74, 6) is 0.716. The Balaban J connectivity index is 1.77. The SMILES string of the molecule is CC[C@H](C)N(Cc1c(C)nn(-c2ccccc2)c1Oc1ccccc1)C(=O)c1ccc(F)cc1. The molecule has 0 aliphatic heterocycles. The minimum Gasteiger partial charge on any atom is -0.439 e. The van der Waals surface area contributed by atoms with Crippen LogP contribution >= 0.6 is 0 Å². The Bertz CT molecular complexity index is 1240. The Kier molecular flexibility index (Phi) is 7.07. The summed E-state index contributed by atoms with van der Waals surface area (Å²) in [5, 5.41) is 4.76. The summed E-state index contributed by atoms with van der Waals surface area (Å²) in [6.07, 6.45) is 0.772. The molecule has 3 aromatic carbocycles. The number of rotatable bonds is 8. The summed E-state index contributed by atoms with van der Waals surface area (Å²) in [6, 6.07) is 24.9. The second kappa shape index (κ2) is 10.3. The molecule has 4 aromatic rings. The van der Waals surface area contributed by atoms with Crippen LogP contribution in [0.1, 0.15) is 41.9 Å². The monoisotopic (exact) mass is 457 g/mol. The van der Waals surface area contributed by atoms with Gasteiger partial charge < -0.3 is 9.64 Å². The fourth-order valence-electron chi connectivity index (χ4n) is 3.75. The Hall–Kier alpha value is -3.93. The van der Waals surface area contributed by atoms with Crippen LogP contribution in [0, 0.1) is 12.7 Å². The number of para-hydroxylation sites is 2. The number of carbonyl (C=O) groups is 1. The summed E-state index contributed by atoms with van der Waals surface area (Å²) >= 11 is 0. The van der Waals surface area contributed by atoms with Gasteiger partial charge in [-0.2, -0.15) is 5.10 Å². The molecule has 1 aromatic heterocycles. The molecule has 0 fully saturated rings. The summed E-state index contributed by atoms with van der Waals surface area (Å²) in [6.45, 7) is 6.28. The van der Waals surface area contributed by atoms with Gasteiger partial charge in [-0.05, 0) is 68.8 Å². The number of halogens is 1. The Morgan fingerprint density at radius 2 is 1.62 bits per heavy atom. The molecule has 0 saturated carbocycles. The van der Waals surface area contributed by atoms with E-state index in [4.69, 9.17) is 9.84 Å². The quantitative estimate of drug-likeness (QED) is 0.301. The first-order chi connectivity index (χ1) is 16.5. The Morgan fingerprint density at radius 3 is 2.24 bits per heavy atom. The van der Waals surface area contributed by atoms with Crippen LogP contribution in [0.3, 0.4) is 0 Å². The summed E-state index contributed by atoms with van der Waals surface area (Å²) < 4.78 is 21.6. The van der Waals surface area contributed by atoms with E-state index in [1.54, 1.807) is 9.58 Å². The topological polar surface area (TPSA) is 47.4 Å². The molecule has 1 amide bonds. The lowest BCUT2D eigenvalue weighted by Gasteiger charge is -2.29. The highest BCUT2D eigenvalue weighted by Gasteiger charge is 2.26. The smallest absolute Gasteiger partial charge is 0.254 e. The van der Waals surface area contributed by atoms with E-state index in [1.807, 2.05) is 81.4 Å². The number of ether oxygens (including phenoxy) is 1. The van der Waals surface area contributed by atoms with Crippen molar-refractivity contribution in [3.63, 3.8) is 0 Å². The predicted molar refractivity (Wildman–Crippen MR) is 131 cm³/mol. The largest absolute Gasteiger partial charge is 0.439 e. The maximum Gasteiger partial charge on any atom is 0.254 e. The van der Waals surface area contributed by atoms with Crippen LogP contribution in [0.15, 0.2) is 84.9 Å². The molecule has 1 atom stereocenters. The minimum absolute atomic E-state index is 0.0402. The lowest BCUT2D eigenvalue weighted by molar-refractivity contribution is 0.0670. The van der Waals surface area contributed by atoms with Gasteiger partial charge in [0.15, 0.2) is 0 Å². The van der Waals surface area contributed by atoms with Gasteiger partial charge in [-0.25, -0.2) is 9.07 Å². The number of hydrogen-bond donors (Lipinski definition) is 0. The van der Waals surface area contributed by atoms with Crippen LogP contribution in [0.4, 0.5) is 4.39 Å². The average molecular weight is 458 g/mol. The molecule has 0 N–H and O–H groups in total. The number of carbonyl (C=O) groups excluding carboxylic acids is 1. The lowest BCUT2D eigenvalue weighted by atomic mass is 10.1. The van der Waals surface area contributed by atoms with Crippen molar-refractivity contribution in [1.82, 2.24) is 14.7 Å². The van der Waals surface area contributed by atoms with Crippen LogP contribution in [0.25, 0.3) is 5.69 Å². The molecule has 0 saturated heterocycles. The van der Waals surface area contributed by atoms with Crippen molar-refractivity contribution >= 4 is 5.91 Å². The van der Waals surface area contributed by atoms with Crippen LogP contribution < -0.4 is 4.74 Å². The Morgan fingerprint density at radius 1 is 1.00 bits per heavy atom. The van der Waals surface area contributed by atoms with E-state index >= 15 is 0 Å². The fourth-order valence-corrected chi connectivity index (χ4v) is 3.75. The maximum absolute atomic E-state index is 13.5. The van der Waals surface area contributed by atoms with Crippen LogP contribution in [0.2, 0.25) is 0 Å². The highest BCUT2D eigenvalue weighted by atomic mass is 19.1. The summed E-state index contributed by atoms with van der Waals surface area (Å²) in [5.41, 5.74) is 2.90. The van der Waals surface area contributed by atoms with Gasteiger partial charge in [0, 0.05) is 11.6 Å². The van der Waals surface area contributed by atoms with Gasteiger partial charge in [0.1, 0.15) is 11.6 Å². The van der Waals surface area contributed by atoms with Crippen molar-refractivity contribution in [3.05, 3.63) is 108 Å². The molecule has 0 bridgehead atoms. The van der Waals surface area contributed by atoms with Crippen molar-refractivity contribution in [2.24, 2.45) is 0 Å². The third-order valence-corrected chi connectivity index (χ3v) is 5.90. The molecule has 4 rings (SSSR count). The molecule has 0 aliphatic rings. The van der Waals surface area contributed by atoms with Gasteiger partial charge in [0.05, 0.1) is 23.5 Å². The van der Waals surface area contributed by atoms with Crippen molar-refractivity contribution in [2.45, 2.75) is 39.8 Å². The van der Waals surface area contributed by atoms with Gasteiger partial charge in [-0.3, -0.25) is 4.79 Å². The first kappa shape index (κ1) is 23.2. The highest BCUT2D eigenvalue weighted by molar-refractivity contribution is 5.94. The molecule has 0 aliphatic carbocycles. The molecular formula is C28H28FN3O2. The number of hydrogen-bond acceptors (Lipinski definition) is 3. The molecule has 0 radical (unpaired) electrons. The third kappa shape index (κ3) is 5.01. The standard InChI is InChI=1S/C28H28FN3O2/c1-4-20(2)31(27(33)22-15-17-23(29)18-16-22)19-26-21(3)30-32(24-11-7-5-8-12-24)28(26)34-25-13-9-6-10-14-25/h5-18,20H,4,19H2,1-3H3/t20-/m0/s1. The number of aromatic nitrogens is 2. The van der Waals surface area contributed by atoms with E-state index < -0.39 is 0 Å². The van der Waals surface area contributed by atoms with E-state index in [-0.39, 0.29) is 17.8 Å². The van der Waals surface area contributed by atoms with E-state index in [2.05, 4.69) is 0 Å². The number of aryl methyl sites for hydroxylation is 1.